The second-order valence-corrected chi connectivity index (χ2v) is 7.80. The summed E-state index contributed by atoms with van der Waals surface area (Å²) >= 11 is 0. The summed E-state index contributed by atoms with van der Waals surface area (Å²) in [4.78, 5) is 34.1. The number of anilines is 1. The molecule has 0 bridgehead atoms. The average molecular weight is 430 g/mol. The summed E-state index contributed by atoms with van der Waals surface area (Å²) in [7, 11) is 1.47. The van der Waals surface area contributed by atoms with Crippen molar-refractivity contribution in [3.05, 3.63) is 90.0 Å². The van der Waals surface area contributed by atoms with E-state index in [2.05, 4.69) is 0 Å². The van der Waals surface area contributed by atoms with Gasteiger partial charge in [0.1, 0.15) is 12.0 Å². The SMILES string of the molecule is COc1cccc([C@@H]2[C@H]3C(=O)N(Cc4ccccc4)C(=O)[C@H]3ON2c2ccccc2)c1O. The molecule has 2 heterocycles. The third-order valence-corrected chi connectivity index (χ3v) is 5.97. The van der Waals surface area contributed by atoms with Gasteiger partial charge in [-0.3, -0.25) is 19.3 Å². The minimum absolute atomic E-state index is 0.0769. The van der Waals surface area contributed by atoms with Crippen LogP contribution < -0.4 is 9.80 Å². The summed E-state index contributed by atoms with van der Waals surface area (Å²) in [5.74, 6) is -1.29. The van der Waals surface area contributed by atoms with Crippen LogP contribution >= 0.6 is 0 Å². The molecular formula is C25H22N2O5. The van der Waals surface area contributed by atoms with Crippen LogP contribution in [0.4, 0.5) is 5.69 Å². The molecule has 162 valence electrons. The Morgan fingerprint density at radius 1 is 0.906 bits per heavy atom. The molecule has 2 saturated heterocycles. The van der Waals surface area contributed by atoms with Crippen LogP contribution in [0.3, 0.4) is 0 Å². The van der Waals surface area contributed by atoms with Gasteiger partial charge in [0, 0.05) is 5.56 Å². The Hall–Kier alpha value is -3.84. The molecule has 3 atom stereocenters. The quantitative estimate of drug-likeness (QED) is 0.625. The van der Waals surface area contributed by atoms with Crippen molar-refractivity contribution in [1.82, 2.24) is 4.90 Å². The summed E-state index contributed by atoms with van der Waals surface area (Å²) in [6.45, 7) is 0.178. The van der Waals surface area contributed by atoms with Gasteiger partial charge in [-0.15, -0.1) is 0 Å². The largest absolute Gasteiger partial charge is 0.504 e. The van der Waals surface area contributed by atoms with E-state index in [9.17, 15) is 14.7 Å². The van der Waals surface area contributed by atoms with E-state index in [1.54, 1.807) is 23.3 Å². The lowest BCUT2D eigenvalue weighted by molar-refractivity contribution is -0.143. The van der Waals surface area contributed by atoms with Crippen molar-refractivity contribution in [2.75, 3.05) is 12.2 Å². The van der Waals surface area contributed by atoms with Gasteiger partial charge in [-0.2, -0.15) is 0 Å². The topological polar surface area (TPSA) is 79.3 Å². The number of carbonyl (C=O) groups is 2. The van der Waals surface area contributed by atoms with Crippen molar-refractivity contribution in [3.63, 3.8) is 0 Å². The Kier molecular flexibility index (Phi) is 5.03. The molecule has 5 rings (SSSR count). The molecule has 0 spiro atoms. The van der Waals surface area contributed by atoms with E-state index in [1.165, 1.54) is 12.0 Å². The maximum Gasteiger partial charge on any atom is 0.262 e. The highest BCUT2D eigenvalue weighted by Crippen LogP contribution is 2.50. The molecule has 0 unspecified atom stereocenters. The molecule has 2 fully saturated rings. The van der Waals surface area contributed by atoms with E-state index in [0.29, 0.717) is 11.3 Å². The van der Waals surface area contributed by atoms with Crippen molar-refractivity contribution in [2.24, 2.45) is 5.92 Å². The van der Waals surface area contributed by atoms with Crippen LogP contribution in [-0.2, 0) is 21.0 Å². The number of methoxy groups -OCH3 is 1. The monoisotopic (exact) mass is 430 g/mol. The van der Waals surface area contributed by atoms with Crippen LogP contribution in [0.15, 0.2) is 78.9 Å². The number of para-hydroxylation sites is 2. The van der Waals surface area contributed by atoms with E-state index in [-0.39, 0.29) is 29.9 Å². The number of benzene rings is 3. The number of nitrogens with zero attached hydrogens (tertiary/aromatic N) is 2. The first-order valence-electron chi connectivity index (χ1n) is 10.4. The fraction of sp³-hybridized carbons (Fsp3) is 0.200. The maximum atomic E-state index is 13.5. The summed E-state index contributed by atoms with van der Waals surface area (Å²) in [5, 5.41) is 12.4. The third kappa shape index (κ3) is 3.18. The second kappa shape index (κ2) is 8.01. The summed E-state index contributed by atoms with van der Waals surface area (Å²) < 4.78 is 5.27. The highest BCUT2D eigenvalue weighted by Gasteiger charge is 2.60. The molecule has 7 nitrogen and oxygen atoms in total. The fourth-order valence-electron chi connectivity index (χ4n) is 4.45. The lowest BCUT2D eigenvalue weighted by atomic mass is 9.90. The number of phenols is 1. The lowest BCUT2D eigenvalue weighted by Crippen LogP contribution is -2.37. The number of fused-ring (bicyclic) bond motifs is 1. The third-order valence-electron chi connectivity index (χ3n) is 5.97. The standard InChI is InChI=1S/C25H22N2O5/c1-31-19-14-8-13-18(22(19)28)21-20-23(32-27(21)17-11-6-3-7-12-17)25(30)26(24(20)29)15-16-9-4-2-5-10-16/h2-14,20-21,23,28H,15H2,1H3/t20-,21-,23+/m1/s1. The van der Waals surface area contributed by atoms with Crippen molar-refractivity contribution < 1.29 is 24.3 Å². The molecule has 32 heavy (non-hydrogen) atoms. The molecule has 0 saturated carbocycles. The van der Waals surface area contributed by atoms with Gasteiger partial charge in [0.15, 0.2) is 17.6 Å². The maximum absolute atomic E-state index is 13.5. The first kappa shape index (κ1) is 20.1. The fourth-order valence-corrected chi connectivity index (χ4v) is 4.45. The number of ether oxygens (including phenoxy) is 1. The minimum atomic E-state index is -0.970. The van der Waals surface area contributed by atoms with Crippen molar-refractivity contribution in [1.29, 1.82) is 0 Å². The van der Waals surface area contributed by atoms with Gasteiger partial charge >= 0.3 is 0 Å². The lowest BCUT2D eigenvalue weighted by Gasteiger charge is -2.29. The molecule has 3 aromatic rings. The second-order valence-electron chi connectivity index (χ2n) is 7.80. The number of carbonyl (C=O) groups excluding carboxylic acids is 2. The summed E-state index contributed by atoms with van der Waals surface area (Å²) in [6.07, 6.45) is -0.970. The van der Waals surface area contributed by atoms with Gasteiger partial charge in [-0.1, -0.05) is 60.7 Å². The number of hydrogen-bond acceptors (Lipinski definition) is 6. The minimum Gasteiger partial charge on any atom is -0.504 e. The zero-order chi connectivity index (χ0) is 22.2. The highest BCUT2D eigenvalue weighted by molar-refractivity contribution is 6.07. The Morgan fingerprint density at radius 3 is 2.28 bits per heavy atom. The van der Waals surface area contributed by atoms with Crippen LogP contribution in [0.1, 0.15) is 17.2 Å². The first-order chi connectivity index (χ1) is 15.6. The van der Waals surface area contributed by atoms with Crippen LogP contribution in [0.5, 0.6) is 11.5 Å². The van der Waals surface area contributed by atoms with E-state index < -0.39 is 18.1 Å². The van der Waals surface area contributed by atoms with Gasteiger partial charge < -0.3 is 9.84 Å². The van der Waals surface area contributed by atoms with Crippen molar-refractivity contribution >= 4 is 17.5 Å². The Bertz CT molecular complexity index is 1150. The van der Waals surface area contributed by atoms with E-state index >= 15 is 0 Å². The van der Waals surface area contributed by atoms with Gasteiger partial charge in [0.2, 0.25) is 5.91 Å². The Morgan fingerprint density at radius 2 is 1.59 bits per heavy atom. The highest BCUT2D eigenvalue weighted by atomic mass is 16.7. The summed E-state index contributed by atoms with van der Waals surface area (Å²) in [6, 6.07) is 23.0. The molecule has 7 heteroatoms. The number of hydroxylamine groups is 1. The molecule has 2 aliphatic rings. The van der Waals surface area contributed by atoms with Crippen LogP contribution in [0.25, 0.3) is 0 Å². The Balaban J connectivity index is 1.57. The van der Waals surface area contributed by atoms with Crippen LogP contribution in [-0.4, -0.2) is 35.0 Å². The van der Waals surface area contributed by atoms with Crippen LogP contribution in [0.2, 0.25) is 0 Å². The molecule has 0 aliphatic carbocycles. The van der Waals surface area contributed by atoms with Crippen molar-refractivity contribution in [3.8, 4) is 11.5 Å². The molecule has 0 radical (unpaired) electrons. The molecule has 0 aromatic heterocycles. The number of amides is 2. The van der Waals surface area contributed by atoms with E-state index in [4.69, 9.17) is 9.57 Å². The number of likely N-dealkylation sites (tertiary alicyclic amines) is 1. The first-order valence-corrected chi connectivity index (χ1v) is 10.4. The molecule has 1 N–H and O–H groups in total. The van der Waals surface area contributed by atoms with Gasteiger partial charge in [-0.05, 0) is 23.8 Å². The molecule has 3 aromatic carbocycles. The van der Waals surface area contributed by atoms with Gasteiger partial charge in [0.05, 0.1) is 19.3 Å². The predicted octanol–water partition coefficient (Wildman–Crippen LogP) is 3.45. The molecule has 2 amide bonds. The average Bonchev–Trinajstić information content (AvgIpc) is 3.32. The number of phenolic OH excluding ortho intramolecular Hbond substituents is 1. The van der Waals surface area contributed by atoms with E-state index in [0.717, 1.165) is 5.56 Å². The normalized spacial score (nSPS) is 22.3. The predicted molar refractivity (Wildman–Crippen MR) is 117 cm³/mol. The van der Waals surface area contributed by atoms with Gasteiger partial charge in [-0.25, -0.2) is 5.06 Å². The molecular weight excluding hydrogens is 408 g/mol. The van der Waals surface area contributed by atoms with E-state index in [1.807, 2.05) is 60.7 Å². The summed E-state index contributed by atoms with van der Waals surface area (Å²) in [5.41, 5.74) is 2.00. The number of hydrogen-bond donors (Lipinski definition) is 1. The van der Waals surface area contributed by atoms with Gasteiger partial charge in [0.25, 0.3) is 5.91 Å². The van der Waals surface area contributed by atoms with Crippen LogP contribution in [0, 0.1) is 5.92 Å². The zero-order valence-electron chi connectivity index (χ0n) is 17.4. The zero-order valence-corrected chi connectivity index (χ0v) is 17.4. The smallest absolute Gasteiger partial charge is 0.262 e. The Labute approximate surface area is 185 Å². The number of rotatable bonds is 5. The molecule has 2 aliphatic heterocycles. The number of imide groups is 1. The number of aromatic hydroxyl groups is 1. The van der Waals surface area contributed by atoms with Crippen molar-refractivity contribution in [2.45, 2.75) is 18.7 Å².